The minimum atomic E-state index is -3.81. The van der Waals surface area contributed by atoms with Crippen molar-refractivity contribution in [1.82, 2.24) is 8.87 Å². The van der Waals surface area contributed by atoms with E-state index < -0.39 is 15.8 Å². The molecule has 0 atom stereocenters. The first-order chi connectivity index (χ1) is 12.3. The number of para-hydroxylation sites is 1. The summed E-state index contributed by atoms with van der Waals surface area (Å²) in [5.74, 6) is 0.399. The summed E-state index contributed by atoms with van der Waals surface area (Å²) in [4.78, 5) is 3.14. The van der Waals surface area contributed by atoms with Crippen LogP contribution in [0.2, 0.25) is 0 Å². The van der Waals surface area contributed by atoms with E-state index in [1.165, 1.54) is 28.2 Å². The monoisotopic (exact) mass is 392 g/mol. The van der Waals surface area contributed by atoms with Crippen LogP contribution in [0.3, 0.4) is 0 Å². The standard InChI is InChI=1S/C19H21FN2O2S2/c1-14-19(25-13-12-21(2)3)17-6-4-5-7-18(17)22(14)26(23,24)16-10-8-15(20)9-11-16/h4-11H,12-13H2,1-3H3. The van der Waals surface area contributed by atoms with Crippen LogP contribution in [0.15, 0.2) is 58.3 Å². The molecule has 0 bridgehead atoms. The zero-order valence-electron chi connectivity index (χ0n) is 14.9. The lowest BCUT2D eigenvalue weighted by Crippen LogP contribution is -2.15. The molecule has 0 spiro atoms. The molecular formula is C19H21FN2O2S2. The van der Waals surface area contributed by atoms with Gasteiger partial charge in [0, 0.05) is 28.3 Å². The summed E-state index contributed by atoms with van der Waals surface area (Å²) in [5.41, 5.74) is 1.32. The van der Waals surface area contributed by atoms with Gasteiger partial charge in [0.15, 0.2) is 0 Å². The van der Waals surface area contributed by atoms with Crippen LogP contribution in [-0.2, 0) is 10.0 Å². The fraction of sp³-hybridized carbons (Fsp3) is 0.263. The molecule has 0 saturated carbocycles. The second-order valence-electron chi connectivity index (χ2n) is 6.31. The Morgan fingerprint density at radius 2 is 1.73 bits per heavy atom. The molecular weight excluding hydrogens is 371 g/mol. The molecule has 0 aliphatic carbocycles. The molecule has 2 aromatic carbocycles. The van der Waals surface area contributed by atoms with E-state index >= 15 is 0 Å². The maximum absolute atomic E-state index is 13.2. The summed E-state index contributed by atoms with van der Waals surface area (Å²) in [7, 11) is 0.212. The summed E-state index contributed by atoms with van der Waals surface area (Å²) in [6.45, 7) is 2.72. The molecule has 0 amide bonds. The number of fused-ring (bicyclic) bond motifs is 1. The third kappa shape index (κ3) is 3.51. The maximum Gasteiger partial charge on any atom is 0.268 e. The molecule has 3 aromatic rings. The van der Waals surface area contributed by atoms with E-state index in [1.54, 1.807) is 17.8 Å². The van der Waals surface area contributed by atoms with E-state index in [4.69, 9.17) is 0 Å². The second-order valence-corrected chi connectivity index (χ2v) is 9.20. The van der Waals surface area contributed by atoms with Gasteiger partial charge in [0.1, 0.15) is 5.82 Å². The van der Waals surface area contributed by atoms with E-state index in [9.17, 15) is 12.8 Å². The number of halogens is 1. The summed E-state index contributed by atoms with van der Waals surface area (Å²) in [6.07, 6.45) is 0. The van der Waals surface area contributed by atoms with Gasteiger partial charge in [-0.15, -0.1) is 11.8 Å². The normalized spacial score (nSPS) is 12.2. The molecule has 0 aliphatic heterocycles. The number of nitrogens with zero attached hydrogens (tertiary/aromatic N) is 2. The number of benzene rings is 2. The van der Waals surface area contributed by atoms with Gasteiger partial charge in [0.2, 0.25) is 0 Å². The van der Waals surface area contributed by atoms with Gasteiger partial charge in [-0.3, -0.25) is 0 Å². The number of hydrogen-bond acceptors (Lipinski definition) is 4. The predicted octanol–water partition coefficient (Wildman–Crippen LogP) is 3.98. The molecule has 3 rings (SSSR count). The van der Waals surface area contributed by atoms with Gasteiger partial charge in [-0.2, -0.15) is 0 Å². The molecule has 0 unspecified atom stereocenters. The zero-order chi connectivity index (χ0) is 18.9. The molecule has 26 heavy (non-hydrogen) atoms. The van der Waals surface area contributed by atoms with Crippen LogP contribution in [0.5, 0.6) is 0 Å². The summed E-state index contributed by atoms with van der Waals surface area (Å²) < 4.78 is 41.0. The highest BCUT2D eigenvalue weighted by Gasteiger charge is 2.25. The molecule has 0 saturated heterocycles. The van der Waals surface area contributed by atoms with Crippen LogP contribution in [0.25, 0.3) is 10.9 Å². The van der Waals surface area contributed by atoms with Crippen molar-refractivity contribution in [2.45, 2.75) is 16.7 Å². The van der Waals surface area contributed by atoms with Crippen LogP contribution in [0.1, 0.15) is 5.69 Å². The van der Waals surface area contributed by atoms with Crippen molar-refractivity contribution in [3.63, 3.8) is 0 Å². The highest BCUT2D eigenvalue weighted by atomic mass is 32.2. The Labute approximate surface area is 157 Å². The van der Waals surface area contributed by atoms with Crippen molar-refractivity contribution in [3.05, 3.63) is 60.0 Å². The fourth-order valence-corrected chi connectivity index (χ4v) is 5.75. The average molecular weight is 393 g/mol. The highest BCUT2D eigenvalue weighted by Crippen LogP contribution is 2.36. The van der Waals surface area contributed by atoms with Gasteiger partial charge >= 0.3 is 0 Å². The number of rotatable bonds is 6. The average Bonchev–Trinajstić information content (AvgIpc) is 2.87. The lowest BCUT2D eigenvalue weighted by Gasteiger charge is -2.11. The Hall–Kier alpha value is -1.83. The fourth-order valence-electron chi connectivity index (χ4n) is 2.84. The van der Waals surface area contributed by atoms with Crippen molar-refractivity contribution >= 4 is 32.7 Å². The Morgan fingerprint density at radius 3 is 2.38 bits per heavy atom. The van der Waals surface area contributed by atoms with E-state index in [-0.39, 0.29) is 4.90 Å². The van der Waals surface area contributed by atoms with Crippen LogP contribution in [0.4, 0.5) is 4.39 Å². The first-order valence-corrected chi connectivity index (χ1v) is 10.6. The van der Waals surface area contributed by atoms with Gasteiger partial charge in [-0.05, 0) is 51.4 Å². The van der Waals surface area contributed by atoms with Gasteiger partial charge in [0.05, 0.1) is 10.4 Å². The quantitative estimate of drug-likeness (QED) is 0.595. The Balaban J connectivity index is 2.14. The van der Waals surface area contributed by atoms with E-state index in [2.05, 4.69) is 4.90 Å². The van der Waals surface area contributed by atoms with E-state index in [0.29, 0.717) is 11.2 Å². The van der Waals surface area contributed by atoms with Gasteiger partial charge in [0.25, 0.3) is 10.0 Å². The molecule has 0 N–H and O–H groups in total. The van der Waals surface area contributed by atoms with Crippen LogP contribution in [0, 0.1) is 12.7 Å². The SMILES string of the molecule is Cc1c(SCCN(C)C)c2ccccc2n1S(=O)(=O)c1ccc(F)cc1. The van der Waals surface area contributed by atoms with Crippen molar-refractivity contribution in [1.29, 1.82) is 0 Å². The number of thioether (sulfide) groups is 1. The maximum atomic E-state index is 13.2. The molecule has 138 valence electrons. The zero-order valence-corrected chi connectivity index (χ0v) is 16.6. The van der Waals surface area contributed by atoms with Crippen LogP contribution >= 0.6 is 11.8 Å². The van der Waals surface area contributed by atoms with Crippen molar-refractivity contribution < 1.29 is 12.8 Å². The third-order valence-corrected chi connectivity index (χ3v) is 7.15. The molecule has 4 nitrogen and oxygen atoms in total. The lowest BCUT2D eigenvalue weighted by molar-refractivity contribution is 0.437. The topological polar surface area (TPSA) is 42.3 Å². The van der Waals surface area contributed by atoms with E-state index in [1.807, 2.05) is 39.2 Å². The van der Waals surface area contributed by atoms with Gasteiger partial charge in [-0.1, -0.05) is 18.2 Å². The molecule has 1 aromatic heterocycles. The van der Waals surface area contributed by atoms with Crippen molar-refractivity contribution in [3.8, 4) is 0 Å². The molecule has 7 heteroatoms. The molecule has 1 heterocycles. The van der Waals surface area contributed by atoms with Crippen LogP contribution in [-0.4, -0.2) is 43.7 Å². The Bertz CT molecular complexity index is 1030. The Kier molecular flexibility index (Phi) is 5.41. The summed E-state index contributed by atoms with van der Waals surface area (Å²) >= 11 is 1.65. The van der Waals surface area contributed by atoms with Gasteiger partial charge < -0.3 is 4.90 Å². The smallest absolute Gasteiger partial charge is 0.268 e. The minimum absolute atomic E-state index is 0.0765. The molecule has 0 aliphatic rings. The van der Waals surface area contributed by atoms with Crippen LogP contribution < -0.4 is 0 Å². The highest BCUT2D eigenvalue weighted by molar-refractivity contribution is 7.99. The largest absolute Gasteiger partial charge is 0.309 e. The molecule has 0 radical (unpaired) electrons. The van der Waals surface area contributed by atoms with Gasteiger partial charge in [-0.25, -0.2) is 16.8 Å². The predicted molar refractivity (Wildman–Crippen MR) is 105 cm³/mol. The van der Waals surface area contributed by atoms with Crippen molar-refractivity contribution in [2.75, 3.05) is 26.4 Å². The minimum Gasteiger partial charge on any atom is -0.309 e. The first-order valence-electron chi connectivity index (χ1n) is 8.21. The van der Waals surface area contributed by atoms with E-state index in [0.717, 1.165) is 22.6 Å². The number of hydrogen-bond donors (Lipinski definition) is 0. The first kappa shape index (κ1) is 18.9. The second kappa shape index (κ2) is 7.42. The lowest BCUT2D eigenvalue weighted by atomic mass is 10.2. The number of aromatic nitrogens is 1. The molecule has 0 fully saturated rings. The van der Waals surface area contributed by atoms with Crippen molar-refractivity contribution in [2.24, 2.45) is 0 Å². The Morgan fingerprint density at radius 1 is 1.08 bits per heavy atom. The third-order valence-electron chi connectivity index (χ3n) is 4.14. The summed E-state index contributed by atoms with van der Waals surface area (Å²) in [6, 6.07) is 12.4. The summed E-state index contributed by atoms with van der Waals surface area (Å²) in [5, 5.41) is 0.916.